The lowest BCUT2D eigenvalue weighted by molar-refractivity contribution is -0.299. The van der Waals surface area contributed by atoms with Gasteiger partial charge < -0.3 is 9.90 Å². The minimum Gasteiger partial charge on any atom is -0.545 e. The first-order valence-electron chi connectivity index (χ1n) is 6.06. The lowest BCUT2D eigenvalue weighted by atomic mass is 10.1. The van der Waals surface area contributed by atoms with E-state index in [-0.39, 0.29) is 0 Å². The molecule has 0 aromatic carbocycles. The van der Waals surface area contributed by atoms with Gasteiger partial charge in [0.05, 0.1) is 5.97 Å². The van der Waals surface area contributed by atoms with E-state index in [0.29, 0.717) is 5.57 Å². The number of carbonyl (C=O) groups excluding carboxylic acids is 1. The fraction of sp³-hybridized carbons (Fsp3) is 0.769. The van der Waals surface area contributed by atoms with Gasteiger partial charge in [-0.25, -0.2) is 0 Å². The van der Waals surface area contributed by atoms with Crippen LogP contribution in [0.2, 0.25) is 0 Å². The summed E-state index contributed by atoms with van der Waals surface area (Å²) < 4.78 is 0. The van der Waals surface area contributed by atoms with E-state index in [4.69, 9.17) is 0 Å². The Morgan fingerprint density at radius 1 is 1.07 bits per heavy atom. The van der Waals surface area contributed by atoms with Crippen LogP contribution in [-0.4, -0.2) is 5.97 Å². The summed E-state index contributed by atoms with van der Waals surface area (Å²) in [5, 5.41) is 10.4. The number of rotatable bonds is 9. The lowest BCUT2D eigenvalue weighted by Gasteiger charge is -2.02. The molecule has 0 atom stereocenters. The van der Waals surface area contributed by atoms with Crippen LogP contribution in [0.3, 0.4) is 0 Å². The van der Waals surface area contributed by atoms with Crippen molar-refractivity contribution in [3.63, 3.8) is 0 Å². The molecule has 0 aliphatic carbocycles. The molecule has 2 nitrogen and oxygen atoms in total. The minimum absolute atomic E-state index is 0.362. The Hall–Kier alpha value is -0.790. The molecule has 0 aromatic heterocycles. The Morgan fingerprint density at radius 2 is 1.60 bits per heavy atom. The predicted octanol–water partition coefficient (Wildman–Crippen LogP) is 2.82. The molecule has 15 heavy (non-hydrogen) atoms. The molecule has 0 heterocycles. The Balaban J connectivity index is 3.25. The molecule has 0 amide bonds. The number of hydrogen-bond acceptors (Lipinski definition) is 2. The highest BCUT2D eigenvalue weighted by Gasteiger charge is 1.91. The molecule has 88 valence electrons. The molecule has 0 rings (SSSR count). The fourth-order valence-electron chi connectivity index (χ4n) is 1.50. The maximum Gasteiger partial charge on any atom is 0.0668 e. The van der Waals surface area contributed by atoms with Crippen molar-refractivity contribution in [2.24, 2.45) is 0 Å². The molecule has 0 saturated heterocycles. The second kappa shape index (κ2) is 9.75. The maximum atomic E-state index is 10.4. The second-order valence-electron chi connectivity index (χ2n) is 4.08. The average molecular weight is 211 g/mol. The van der Waals surface area contributed by atoms with E-state index in [1.54, 1.807) is 13.0 Å². The van der Waals surface area contributed by atoms with Crippen molar-refractivity contribution in [2.75, 3.05) is 0 Å². The summed E-state index contributed by atoms with van der Waals surface area (Å²) in [6, 6.07) is 0. The number of allylic oxidation sites excluding steroid dienone is 1. The SMILES string of the molecule is CCCCCCCCC/C=C(\C)C(=O)[O-]. The van der Waals surface area contributed by atoms with Crippen molar-refractivity contribution in [2.45, 2.75) is 65.2 Å². The van der Waals surface area contributed by atoms with Crippen molar-refractivity contribution in [3.8, 4) is 0 Å². The first-order chi connectivity index (χ1) is 7.18. The van der Waals surface area contributed by atoms with Gasteiger partial charge in [0.1, 0.15) is 0 Å². The smallest absolute Gasteiger partial charge is 0.0668 e. The van der Waals surface area contributed by atoms with Gasteiger partial charge in [-0.3, -0.25) is 0 Å². The number of unbranched alkanes of at least 4 members (excludes halogenated alkanes) is 7. The molecule has 0 unspecified atom stereocenters. The predicted molar refractivity (Wildman–Crippen MR) is 61.4 cm³/mol. The van der Waals surface area contributed by atoms with Crippen LogP contribution in [0, 0.1) is 0 Å². The molecule has 0 bridgehead atoms. The van der Waals surface area contributed by atoms with E-state index >= 15 is 0 Å². The number of aliphatic carboxylic acids is 1. The largest absolute Gasteiger partial charge is 0.545 e. The highest BCUT2D eigenvalue weighted by molar-refractivity contribution is 5.83. The number of carboxylic acids is 1. The van der Waals surface area contributed by atoms with Crippen molar-refractivity contribution >= 4 is 5.97 Å². The summed E-state index contributed by atoms with van der Waals surface area (Å²) in [5.41, 5.74) is 0.362. The average Bonchev–Trinajstić information content (AvgIpc) is 2.21. The monoisotopic (exact) mass is 211 g/mol. The zero-order valence-corrected chi connectivity index (χ0v) is 10.1. The molecule has 0 N–H and O–H groups in total. The Morgan fingerprint density at radius 3 is 2.13 bits per heavy atom. The van der Waals surface area contributed by atoms with Crippen molar-refractivity contribution in [3.05, 3.63) is 11.6 Å². The van der Waals surface area contributed by atoms with Crippen LogP contribution in [0.5, 0.6) is 0 Å². The van der Waals surface area contributed by atoms with Crippen LogP contribution >= 0.6 is 0 Å². The van der Waals surface area contributed by atoms with E-state index in [1.807, 2.05) is 0 Å². The fourth-order valence-corrected chi connectivity index (χ4v) is 1.50. The van der Waals surface area contributed by atoms with E-state index in [9.17, 15) is 9.90 Å². The van der Waals surface area contributed by atoms with Crippen molar-refractivity contribution < 1.29 is 9.90 Å². The summed E-state index contributed by atoms with van der Waals surface area (Å²) in [6.45, 7) is 3.81. The molecule has 0 spiro atoms. The van der Waals surface area contributed by atoms with Crippen molar-refractivity contribution in [1.82, 2.24) is 0 Å². The molecule has 0 radical (unpaired) electrons. The van der Waals surface area contributed by atoms with Gasteiger partial charge in [0.25, 0.3) is 0 Å². The molecule has 0 aliphatic heterocycles. The van der Waals surface area contributed by atoms with Crippen LogP contribution < -0.4 is 5.11 Å². The molecule has 2 heteroatoms. The summed E-state index contributed by atoms with van der Waals surface area (Å²) >= 11 is 0. The van der Waals surface area contributed by atoms with E-state index in [2.05, 4.69) is 6.92 Å². The topological polar surface area (TPSA) is 40.1 Å². The van der Waals surface area contributed by atoms with Gasteiger partial charge in [0.2, 0.25) is 0 Å². The third-order valence-electron chi connectivity index (χ3n) is 2.58. The minimum atomic E-state index is -1.04. The zero-order chi connectivity index (χ0) is 11.5. The van der Waals surface area contributed by atoms with Gasteiger partial charge in [-0.05, 0) is 25.3 Å². The van der Waals surface area contributed by atoms with Crippen molar-refractivity contribution in [1.29, 1.82) is 0 Å². The summed E-state index contributed by atoms with van der Waals surface area (Å²) in [7, 11) is 0. The van der Waals surface area contributed by atoms with E-state index in [0.717, 1.165) is 12.8 Å². The highest BCUT2D eigenvalue weighted by atomic mass is 16.4. The summed E-state index contributed by atoms with van der Waals surface area (Å²) in [4.78, 5) is 10.4. The first-order valence-corrected chi connectivity index (χ1v) is 6.06. The number of carboxylic acid groups (broad SMARTS) is 1. The normalized spacial score (nSPS) is 11.7. The van der Waals surface area contributed by atoms with Crippen LogP contribution in [0.4, 0.5) is 0 Å². The van der Waals surface area contributed by atoms with Gasteiger partial charge in [-0.15, -0.1) is 0 Å². The Labute approximate surface area is 93.4 Å². The second-order valence-corrected chi connectivity index (χ2v) is 4.08. The quantitative estimate of drug-likeness (QED) is 0.434. The standard InChI is InChI=1S/C13H24O2/c1-3-4-5-6-7-8-9-10-11-12(2)13(14)15/h11H,3-10H2,1-2H3,(H,14,15)/p-1/b12-11+. The Kier molecular flexibility index (Phi) is 9.24. The van der Waals surface area contributed by atoms with Gasteiger partial charge in [-0.2, -0.15) is 0 Å². The Bertz CT molecular complexity index is 195. The van der Waals surface area contributed by atoms with Gasteiger partial charge >= 0.3 is 0 Å². The third kappa shape index (κ3) is 9.51. The summed E-state index contributed by atoms with van der Waals surface area (Å²) in [5.74, 6) is -1.04. The molecular formula is C13H23O2-. The summed E-state index contributed by atoms with van der Waals surface area (Å²) in [6.07, 6.45) is 11.5. The van der Waals surface area contributed by atoms with Crippen LogP contribution in [0.1, 0.15) is 65.2 Å². The molecule has 0 fully saturated rings. The van der Waals surface area contributed by atoms with E-state index < -0.39 is 5.97 Å². The first kappa shape index (κ1) is 14.2. The van der Waals surface area contributed by atoms with Gasteiger partial charge in [0, 0.05) is 0 Å². The molecule has 0 aliphatic rings. The van der Waals surface area contributed by atoms with E-state index in [1.165, 1.54) is 38.5 Å². The van der Waals surface area contributed by atoms with Gasteiger partial charge in [0.15, 0.2) is 0 Å². The number of carbonyl (C=O) groups is 1. The molecular weight excluding hydrogens is 188 g/mol. The van der Waals surface area contributed by atoms with Crippen LogP contribution in [0.25, 0.3) is 0 Å². The third-order valence-corrected chi connectivity index (χ3v) is 2.58. The highest BCUT2D eigenvalue weighted by Crippen LogP contribution is 2.09. The van der Waals surface area contributed by atoms with Crippen LogP contribution in [0.15, 0.2) is 11.6 Å². The zero-order valence-electron chi connectivity index (χ0n) is 10.1. The van der Waals surface area contributed by atoms with Gasteiger partial charge in [-0.1, -0.05) is 51.5 Å². The lowest BCUT2D eigenvalue weighted by Crippen LogP contribution is -2.22. The number of hydrogen-bond donors (Lipinski definition) is 0. The molecule has 0 aromatic rings. The van der Waals surface area contributed by atoms with Crippen LogP contribution in [-0.2, 0) is 4.79 Å². The molecule has 0 saturated carbocycles. The maximum absolute atomic E-state index is 10.4.